The molecule has 3 aromatic rings. The molecule has 2 amide bonds. The molecule has 0 bridgehead atoms. The zero-order chi connectivity index (χ0) is 24.3. The second kappa shape index (κ2) is 13.2. The van der Waals surface area contributed by atoms with Crippen LogP contribution in [0.3, 0.4) is 0 Å². The summed E-state index contributed by atoms with van der Waals surface area (Å²) >= 11 is 9.36. The van der Waals surface area contributed by atoms with E-state index in [0.29, 0.717) is 36.8 Å². The van der Waals surface area contributed by atoms with E-state index >= 15 is 0 Å². The molecule has 0 fully saturated rings. The molecule has 0 aliphatic carbocycles. The van der Waals surface area contributed by atoms with Gasteiger partial charge in [-0.25, -0.2) is 0 Å². The number of halogens is 2. The lowest BCUT2D eigenvalue weighted by atomic mass is 10.0. The number of hydrogen-bond donors (Lipinski definition) is 1. The van der Waals surface area contributed by atoms with E-state index in [1.165, 1.54) is 0 Å². The molecule has 7 heteroatoms. The van der Waals surface area contributed by atoms with E-state index in [0.717, 1.165) is 15.6 Å². The van der Waals surface area contributed by atoms with Gasteiger partial charge in [-0.1, -0.05) is 70.0 Å². The van der Waals surface area contributed by atoms with Crippen molar-refractivity contribution in [2.75, 3.05) is 13.7 Å². The molecule has 3 aromatic carbocycles. The van der Waals surface area contributed by atoms with Crippen molar-refractivity contribution in [2.24, 2.45) is 0 Å². The Bertz CT molecular complexity index is 1060. The molecule has 0 saturated carbocycles. The maximum Gasteiger partial charge on any atom is 0.242 e. The van der Waals surface area contributed by atoms with Gasteiger partial charge in [0.15, 0.2) is 0 Å². The van der Waals surface area contributed by atoms with E-state index in [9.17, 15) is 9.59 Å². The van der Waals surface area contributed by atoms with Crippen molar-refractivity contribution in [2.45, 2.75) is 31.8 Å². The second-order valence-electron chi connectivity index (χ2n) is 7.87. The average Bonchev–Trinajstić information content (AvgIpc) is 2.86. The molecule has 1 atom stereocenters. The van der Waals surface area contributed by atoms with Gasteiger partial charge in [0, 0.05) is 35.9 Å². The third-order valence-electron chi connectivity index (χ3n) is 5.40. The van der Waals surface area contributed by atoms with Crippen LogP contribution in [0.4, 0.5) is 0 Å². The van der Waals surface area contributed by atoms with Gasteiger partial charge in [-0.05, 0) is 53.9 Å². The third-order valence-corrected chi connectivity index (χ3v) is 6.18. The summed E-state index contributed by atoms with van der Waals surface area (Å²) < 4.78 is 6.69. The number of nitrogens with one attached hydrogen (secondary N) is 1. The highest BCUT2D eigenvalue weighted by Crippen LogP contribution is 2.19. The molecular formula is C27H28BrClN2O3. The van der Waals surface area contributed by atoms with Crippen molar-refractivity contribution in [3.63, 3.8) is 0 Å². The number of carbonyl (C=O) groups excluding carboxylic acids is 2. The molecule has 5 nitrogen and oxygen atoms in total. The van der Waals surface area contributed by atoms with Crippen LogP contribution in [0.5, 0.6) is 5.75 Å². The summed E-state index contributed by atoms with van der Waals surface area (Å²) in [5.41, 5.74) is 1.95. The monoisotopic (exact) mass is 542 g/mol. The van der Waals surface area contributed by atoms with Gasteiger partial charge >= 0.3 is 0 Å². The maximum atomic E-state index is 13.4. The molecule has 3 rings (SSSR count). The summed E-state index contributed by atoms with van der Waals surface area (Å²) in [4.78, 5) is 28.0. The van der Waals surface area contributed by atoms with Gasteiger partial charge in [-0.2, -0.15) is 0 Å². The van der Waals surface area contributed by atoms with Crippen molar-refractivity contribution in [3.05, 3.63) is 99.5 Å². The van der Waals surface area contributed by atoms with Crippen molar-refractivity contribution in [1.82, 2.24) is 10.2 Å². The minimum absolute atomic E-state index is 0.0906. The molecule has 34 heavy (non-hydrogen) atoms. The number of benzene rings is 3. The van der Waals surface area contributed by atoms with E-state index in [-0.39, 0.29) is 18.2 Å². The Morgan fingerprint density at radius 1 is 0.971 bits per heavy atom. The van der Waals surface area contributed by atoms with Crippen LogP contribution < -0.4 is 10.1 Å². The highest BCUT2D eigenvalue weighted by atomic mass is 79.9. The first kappa shape index (κ1) is 25.8. The molecular weight excluding hydrogens is 516 g/mol. The van der Waals surface area contributed by atoms with Crippen LogP contribution in [0, 0.1) is 0 Å². The fourth-order valence-corrected chi connectivity index (χ4v) is 3.99. The van der Waals surface area contributed by atoms with Gasteiger partial charge in [0.2, 0.25) is 11.8 Å². The predicted octanol–water partition coefficient (Wildman–Crippen LogP) is 5.65. The number of likely N-dealkylation sites (N-methyl/N-ethyl adjacent to an activating group) is 1. The zero-order valence-electron chi connectivity index (χ0n) is 19.0. The van der Waals surface area contributed by atoms with Crippen molar-refractivity contribution in [1.29, 1.82) is 0 Å². The van der Waals surface area contributed by atoms with Gasteiger partial charge in [0.25, 0.3) is 0 Å². The summed E-state index contributed by atoms with van der Waals surface area (Å²) in [5, 5.41) is 3.38. The molecule has 0 aliphatic rings. The number of carbonyl (C=O) groups is 2. The van der Waals surface area contributed by atoms with Crippen molar-refractivity contribution >= 4 is 39.3 Å². The Morgan fingerprint density at radius 2 is 1.65 bits per heavy atom. The first-order valence-corrected chi connectivity index (χ1v) is 12.3. The van der Waals surface area contributed by atoms with E-state index in [4.69, 9.17) is 16.3 Å². The molecule has 1 N–H and O–H groups in total. The van der Waals surface area contributed by atoms with Gasteiger partial charge in [0.1, 0.15) is 11.8 Å². The van der Waals surface area contributed by atoms with Crippen LogP contribution in [0.1, 0.15) is 24.0 Å². The largest absolute Gasteiger partial charge is 0.494 e. The first-order valence-electron chi connectivity index (χ1n) is 11.1. The Balaban J connectivity index is 1.73. The number of amides is 2. The normalized spacial score (nSPS) is 11.5. The second-order valence-corrected chi connectivity index (χ2v) is 9.23. The third kappa shape index (κ3) is 7.89. The summed E-state index contributed by atoms with van der Waals surface area (Å²) in [6.45, 7) is 0.734. The lowest BCUT2D eigenvalue weighted by molar-refractivity contribution is -0.141. The summed E-state index contributed by atoms with van der Waals surface area (Å²) in [7, 11) is 1.60. The lowest BCUT2D eigenvalue weighted by Crippen LogP contribution is -2.49. The molecule has 0 heterocycles. The molecule has 0 saturated heterocycles. The van der Waals surface area contributed by atoms with Crippen LogP contribution in [-0.2, 0) is 22.6 Å². The number of rotatable bonds is 11. The van der Waals surface area contributed by atoms with Crippen LogP contribution in [-0.4, -0.2) is 36.4 Å². The van der Waals surface area contributed by atoms with Gasteiger partial charge in [-0.15, -0.1) is 0 Å². The van der Waals surface area contributed by atoms with Crippen LogP contribution in [0.2, 0.25) is 5.02 Å². The van der Waals surface area contributed by atoms with E-state index < -0.39 is 6.04 Å². The highest BCUT2D eigenvalue weighted by molar-refractivity contribution is 9.10. The minimum atomic E-state index is -0.624. The summed E-state index contributed by atoms with van der Waals surface area (Å²) in [6, 6.07) is 24.0. The SMILES string of the molecule is CNC(=O)[C@H](Cc1ccccc1)N(Cc1ccc(Br)cc1)C(=O)CCCOc1ccc(Cl)cc1. The average molecular weight is 544 g/mol. The van der Waals surface area contributed by atoms with E-state index in [1.807, 2.05) is 54.6 Å². The molecule has 178 valence electrons. The van der Waals surface area contributed by atoms with Crippen LogP contribution >= 0.6 is 27.5 Å². The molecule has 0 unspecified atom stereocenters. The molecule has 0 aromatic heterocycles. The van der Waals surface area contributed by atoms with Crippen LogP contribution in [0.25, 0.3) is 0 Å². The summed E-state index contributed by atoms with van der Waals surface area (Å²) in [6.07, 6.45) is 1.24. The first-order chi connectivity index (χ1) is 16.5. The van der Waals surface area contributed by atoms with Crippen molar-refractivity contribution in [3.8, 4) is 5.75 Å². The van der Waals surface area contributed by atoms with Gasteiger partial charge < -0.3 is 15.0 Å². The number of nitrogens with zero attached hydrogens (tertiary/aromatic N) is 1. The smallest absolute Gasteiger partial charge is 0.242 e. The van der Waals surface area contributed by atoms with E-state index in [2.05, 4.69) is 21.2 Å². The standard InChI is InChI=1S/C27H28BrClN2O3/c1-30-27(33)25(18-20-6-3-2-4-7-20)31(19-21-9-11-22(28)12-10-21)26(32)8-5-17-34-24-15-13-23(29)14-16-24/h2-4,6-7,9-16,25H,5,8,17-19H2,1H3,(H,30,33)/t25-/m0/s1. The maximum absolute atomic E-state index is 13.4. The fraction of sp³-hybridized carbons (Fsp3) is 0.259. The zero-order valence-corrected chi connectivity index (χ0v) is 21.4. The molecule has 0 radical (unpaired) electrons. The lowest BCUT2D eigenvalue weighted by Gasteiger charge is -2.31. The highest BCUT2D eigenvalue weighted by Gasteiger charge is 2.29. The Morgan fingerprint density at radius 3 is 2.29 bits per heavy atom. The van der Waals surface area contributed by atoms with Crippen molar-refractivity contribution < 1.29 is 14.3 Å². The molecule has 0 aliphatic heterocycles. The number of hydrogen-bond acceptors (Lipinski definition) is 3. The quantitative estimate of drug-likeness (QED) is 0.318. The fourth-order valence-electron chi connectivity index (χ4n) is 3.59. The van der Waals surface area contributed by atoms with E-state index in [1.54, 1.807) is 36.2 Å². The minimum Gasteiger partial charge on any atom is -0.494 e. The Labute approximate surface area is 214 Å². The van der Waals surface area contributed by atoms with Gasteiger partial charge in [-0.3, -0.25) is 9.59 Å². The summed E-state index contributed by atoms with van der Waals surface area (Å²) in [5.74, 6) is 0.426. The predicted molar refractivity (Wildman–Crippen MR) is 139 cm³/mol. The number of ether oxygens (including phenoxy) is 1. The molecule has 0 spiro atoms. The van der Waals surface area contributed by atoms with Gasteiger partial charge in [0.05, 0.1) is 6.61 Å². The Hall–Kier alpha value is -2.83. The topological polar surface area (TPSA) is 58.6 Å². The Kier molecular flexibility index (Phi) is 9.98. The van der Waals surface area contributed by atoms with Crippen LogP contribution in [0.15, 0.2) is 83.3 Å².